The van der Waals surface area contributed by atoms with Crippen LogP contribution < -0.4 is 15.5 Å². The lowest BCUT2D eigenvalue weighted by Gasteiger charge is -2.42. The fourth-order valence-electron chi connectivity index (χ4n) is 2.55. The van der Waals surface area contributed by atoms with Gasteiger partial charge < -0.3 is 15.5 Å². The van der Waals surface area contributed by atoms with E-state index in [4.69, 9.17) is 5.73 Å². The predicted octanol–water partition coefficient (Wildman–Crippen LogP) is 1.46. The summed E-state index contributed by atoms with van der Waals surface area (Å²) in [4.78, 5) is 4.65. The van der Waals surface area contributed by atoms with Crippen molar-refractivity contribution in [2.45, 2.75) is 19.4 Å². The molecule has 0 saturated heterocycles. The monoisotopic (exact) mass is 219 g/mol. The van der Waals surface area contributed by atoms with Crippen molar-refractivity contribution < 1.29 is 0 Å². The Morgan fingerprint density at radius 3 is 2.75 bits per heavy atom. The van der Waals surface area contributed by atoms with Crippen molar-refractivity contribution in [3.8, 4) is 0 Å². The summed E-state index contributed by atoms with van der Waals surface area (Å²) >= 11 is 0. The minimum atomic E-state index is 0.421. The molecule has 0 aromatic heterocycles. The fourth-order valence-corrected chi connectivity index (χ4v) is 2.55. The van der Waals surface area contributed by atoms with Crippen LogP contribution in [0.4, 0.5) is 11.4 Å². The number of hydrogen-bond acceptors (Lipinski definition) is 3. The molecule has 0 bridgehead atoms. The molecule has 1 aromatic rings. The number of rotatable bonds is 2. The zero-order chi connectivity index (χ0) is 11.7. The Morgan fingerprint density at radius 2 is 2.12 bits per heavy atom. The Bertz CT molecular complexity index is 375. The molecule has 0 aliphatic carbocycles. The van der Waals surface area contributed by atoms with Crippen molar-refractivity contribution in [3.05, 3.63) is 23.8 Å². The number of hydrogen-bond donors (Lipinski definition) is 1. The molecule has 1 unspecified atom stereocenters. The van der Waals surface area contributed by atoms with Crippen molar-refractivity contribution in [3.63, 3.8) is 0 Å². The lowest BCUT2D eigenvalue weighted by Crippen LogP contribution is -2.50. The minimum absolute atomic E-state index is 0.421. The molecule has 1 aliphatic rings. The van der Waals surface area contributed by atoms with Gasteiger partial charge in [0.1, 0.15) is 0 Å². The molecule has 1 heterocycles. The van der Waals surface area contributed by atoms with Crippen LogP contribution in [-0.4, -0.2) is 33.2 Å². The molecular weight excluding hydrogens is 198 g/mol. The van der Waals surface area contributed by atoms with Gasteiger partial charge in [-0.3, -0.25) is 0 Å². The molecule has 1 atom stereocenters. The molecule has 88 valence electrons. The van der Waals surface area contributed by atoms with Crippen molar-refractivity contribution in [2.24, 2.45) is 5.73 Å². The van der Waals surface area contributed by atoms with Crippen LogP contribution in [0.2, 0.25) is 0 Å². The van der Waals surface area contributed by atoms with E-state index in [1.165, 1.54) is 16.9 Å². The van der Waals surface area contributed by atoms with Crippen LogP contribution in [0, 0.1) is 0 Å². The Balaban J connectivity index is 2.49. The van der Waals surface area contributed by atoms with Crippen LogP contribution in [0.15, 0.2) is 18.2 Å². The molecule has 2 rings (SSSR count). The van der Waals surface area contributed by atoms with Gasteiger partial charge in [-0.15, -0.1) is 0 Å². The normalized spacial score (nSPS) is 19.9. The molecule has 0 radical (unpaired) electrons. The van der Waals surface area contributed by atoms with Gasteiger partial charge in [0.05, 0.1) is 17.4 Å². The van der Waals surface area contributed by atoms with Crippen LogP contribution in [0.25, 0.3) is 0 Å². The number of anilines is 2. The third-order valence-electron chi connectivity index (χ3n) is 3.55. The molecule has 0 spiro atoms. The summed E-state index contributed by atoms with van der Waals surface area (Å²) in [7, 11) is 4.30. The summed E-state index contributed by atoms with van der Waals surface area (Å²) in [6.45, 7) is 3.92. The highest BCUT2D eigenvalue weighted by Crippen LogP contribution is 2.36. The molecule has 0 saturated carbocycles. The highest BCUT2D eigenvalue weighted by atomic mass is 15.3. The van der Waals surface area contributed by atoms with E-state index in [1.54, 1.807) is 0 Å². The van der Waals surface area contributed by atoms with Crippen LogP contribution in [-0.2, 0) is 6.42 Å². The smallest absolute Gasteiger partial charge is 0.0634 e. The number of nitrogens with two attached hydrogens (primary N) is 1. The standard InChI is InChI=1S/C13H21N3/c1-4-10-6-5-7-12-13(10)15(2)9-11(8-14)16(12)3/h5-7,11H,4,8-9,14H2,1-3H3. The second-order valence-corrected chi connectivity index (χ2v) is 4.52. The number of nitrogens with zero attached hydrogens (tertiary/aromatic N) is 2. The van der Waals surface area contributed by atoms with Crippen molar-refractivity contribution in [1.82, 2.24) is 0 Å². The lowest BCUT2D eigenvalue weighted by atomic mass is 10.0. The fraction of sp³-hybridized carbons (Fsp3) is 0.538. The molecule has 0 amide bonds. The molecule has 16 heavy (non-hydrogen) atoms. The van der Waals surface area contributed by atoms with Crippen molar-refractivity contribution in [2.75, 3.05) is 37.0 Å². The van der Waals surface area contributed by atoms with Gasteiger partial charge in [0, 0.05) is 27.2 Å². The van der Waals surface area contributed by atoms with E-state index >= 15 is 0 Å². The maximum absolute atomic E-state index is 5.82. The van der Waals surface area contributed by atoms with Crippen LogP contribution in [0.3, 0.4) is 0 Å². The first kappa shape index (κ1) is 11.3. The quantitative estimate of drug-likeness (QED) is 0.817. The maximum atomic E-state index is 5.82. The van der Waals surface area contributed by atoms with Crippen LogP contribution >= 0.6 is 0 Å². The van der Waals surface area contributed by atoms with E-state index in [-0.39, 0.29) is 0 Å². The first-order valence-corrected chi connectivity index (χ1v) is 5.95. The van der Waals surface area contributed by atoms with E-state index in [0.29, 0.717) is 12.6 Å². The highest BCUT2D eigenvalue weighted by Gasteiger charge is 2.26. The zero-order valence-electron chi connectivity index (χ0n) is 10.4. The van der Waals surface area contributed by atoms with E-state index in [9.17, 15) is 0 Å². The molecule has 3 heteroatoms. The molecule has 1 aliphatic heterocycles. The van der Waals surface area contributed by atoms with Gasteiger partial charge in [-0.05, 0) is 18.1 Å². The number of likely N-dealkylation sites (N-methyl/N-ethyl adjacent to an activating group) is 2. The second kappa shape index (κ2) is 4.34. The van der Waals surface area contributed by atoms with E-state index in [0.717, 1.165) is 13.0 Å². The van der Waals surface area contributed by atoms with Gasteiger partial charge in [0.15, 0.2) is 0 Å². The summed E-state index contributed by atoms with van der Waals surface area (Å²) in [5.41, 5.74) is 9.92. The van der Waals surface area contributed by atoms with Gasteiger partial charge in [-0.1, -0.05) is 19.1 Å². The SMILES string of the molecule is CCc1cccc2c1N(C)CC(CN)N2C. The summed E-state index contributed by atoms with van der Waals surface area (Å²) in [5, 5.41) is 0. The van der Waals surface area contributed by atoms with Gasteiger partial charge in [0.25, 0.3) is 0 Å². The number of aryl methyl sites for hydroxylation is 1. The summed E-state index contributed by atoms with van der Waals surface area (Å²) in [6, 6.07) is 6.96. The van der Waals surface area contributed by atoms with Gasteiger partial charge in [-0.2, -0.15) is 0 Å². The topological polar surface area (TPSA) is 32.5 Å². The third-order valence-corrected chi connectivity index (χ3v) is 3.55. The first-order chi connectivity index (χ1) is 7.69. The average Bonchev–Trinajstić information content (AvgIpc) is 2.32. The maximum Gasteiger partial charge on any atom is 0.0634 e. The Hall–Kier alpha value is -1.22. The minimum Gasteiger partial charge on any atom is -0.371 e. The molecular formula is C13H21N3. The predicted molar refractivity (Wildman–Crippen MR) is 70.3 cm³/mol. The van der Waals surface area contributed by atoms with Crippen LogP contribution in [0.1, 0.15) is 12.5 Å². The van der Waals surface area contributed by atoms with Crippen molar-refractivity contribution >= 4 is 11.4 Å². The first-order valence-electron chi connectivity index (χ1n) is 5.95. The van der Waals surface area contributed by atoms with Crippen LogP contribution in [0.5, 0.6) is 0 Å². The van der Waals surface area contributed by atoms with Crippen molar-refractivity contribution in [1.29, 1.82) is 0 Å². The highest BCUT2D eigenvalue weighted by molar-refractivity contribution is 5.77. The molecule has 2 N–H and O–H groups in total. The Morgan fingerprint density at radius 1 is 1.38 bits per heavy atom. The summed E-state index contributed by atoms with van der Waals surface area (Å²) < 4.78 is 0. The van der Waals surface area contributed by atoms with E-state index in [2.05, 4.69) is 49.0 Å². The molecule has 3 nitrogen and oxygen atoms in total. The van der Waals surface area contributed by atoms with Gasteiger partial charge in [-0.25, -0.2) is 0 Å². The van der Waals surface area contributed by atoms with E-state index in [1.807, 2.05) is 0 Å². The number of para-hydroxylation sites is 1. The molecule has 1 aromatic carbocycles. The van der Waals surface area contributed by atoms with Gasteiger partial charge in [0.2, 0.25) is 0 Å². The third kappa shape index (κ3) is 1.65. The molecule has 0 fully saturated rings. The number of fused-ring (bicyclic) bond motifs is 1. The van der Waals surface area contributed by atoms with Gasteiger partial charge >= 0.3 is 0 Å². The Labute approximate surface area is 97.8 Å². The second-order valence-electron chi connectivity index (χ2n) is 4.52. The largest absolute Gasteiger partial charge is 0.371 e. The average molecular weight is 219 g/mol. The zero-order valence-corrected chi connectivity index (χ0v) is 10.4. The number of benzene rings is 1. The summed E-state index contributed by atoms with van der Waals surface area (Å²) in [6.07, 6.45) is 1.08. The van der Waals surface area contributed by atoms with E-state index < -0.39 is 0 Å². The summed E-state index contributed by atoms with van der Waals surface area (Å²) in [5.74, 6) is 0. The lowest BCUT2D eigenvalue weighted by molar-refractivity contribution is 0.608. The Kier molecular flexibility index (Phi) is 3.06.